The van der Waals surface area contributed by atoms with Gasteiger partial charge in [0.05, 0.1) is 16.4 Å². The Balaban J connectivity index is 2.08. The number of carbonyl (C=O) groups is 1. The molecule has 0 spiro atoms. The zero-order valence-electron chi connectivity index (χ0n) is 10.5. The molecule has 0 radical (unpaired) electrons. The molecule has 0 unspecified atom stereocenters. The number of hydrogen-bond acceptors (Lipinski definition) is 3. The summed E-state index contributed by atoms with van der Waals surface area (Å²) >= 11 is 7.30. The van der Waals surface area contributed by atoms with Crippen LogP contribution in [0.5, 0.6) is 0 Å². The third-order valence-electron chi connectivity index (χ3n) is 2.84. The van der Waals surface area contributed by atoms with Crippen molar-refractivity contribution in [2.45, 2.75) is 27.3 Å². The lowest BCUT2D eigenvalue weighted by Crippen LogP contribution is -2.23. The van der Waals surface area contributed by atoms with Crippen LogP contribution in [0, 0.1) is 20.8 Å². The summed E-state index contributed by atoms with van der Waals surface area (Å²) in [5.41, 5.74) is 1.53. The molecule has 0 aliphatic heterocycles. The molecule has 0 saturated heterocycles. The van der Waals surface area contributed by atoms with E-state index in [9.17, 15) is 4.79 Å². The first-order valence-electron chi connectivity index (χ1n) is 5.58. The summed E-state index contributed by atoms with van der Waals surface area (Å²) in [6.45, 7) is 6.04. The predicted octanol–water partition coefficient (Wildman–Crippen LogP) is 3.85. The largest absolute Gasteiger partial charge is 0.466 e. The van der Waals surface area contributed by atoms with Crippen molar-refractivity contribution in [1.82, 2.24) is 5.32 Å². The number of rotatable bonds is 3. The van der Waals surface area contributed by atoms with Crippen molar-refractivity contribution in [3.05, 3.63) is 44.0 Å². The molecule has 2 aromatic heterocycles. The molecule has 1 amide bonds. The molecule has 2 aromatic rings. The van der Waals surface area contributed by atoms with Crippen LogP contribution in [-0.2, 0) is 6.54 Å². The molecule has 2 rings (SSSR count). The van der Waals surface area contributed by atoms with Gasteiger partial charge in [0.1, 0.15) is 11.5 Å². The molecule has 0 fully saturated rings. The number of nitrogens with one attached hydrogen (secondary N) is 1. The smallest absolute Gasteiger partial charge is 0.255 e. The average Bonchev–Trinajstić information content (AvgIpc) is 2.82. The maximum Gasteiger partial charge on any atom is 0.255 e. The molecule has 1 N–H and O–H groups in total. The Hall–Kier alpha value is -1.26. The average molecular weight is 284 g/mol. The minimum Gasteiger partial charge on any atom is -0.466 e. The van der Waals surface area contributed by atoms with Gasteiger partial charge in [0.2, 0.25) is 0 Å². The van der Waals surface area contributed by atoms with E-state index in [4.69, 9.17) is 16.0 Å². The summed E-state index contributed by atoms with van der Waals surface area (Å²) in [5, 5.41) is 2.88. The lowest BCUT2D eigenvalue weighted by atomic mass is 10.1. The van der Waals surface area contributed by atoms with E-state index in [1.807, 2.05) is 26.0 Å². The standard InChI is InChI=1S/C13H14ClNO2S/c1-7-8(2)17-9(3)12(7)13(16)15-6-10-4-5-11(14)18-10/h4-5H,6H2,1-3H3,(H,15,16). The topological polar surface area (TPSA) is 42.2 Å². The molecule has 0 aliphatic carbocycles. The molecule has 5 heteroatoms. The fourth-order valence-electron chi connectivity index (χ4n) is 1.83. The maximum absolute atomic E-state index is 12.1. The Bertz CT molecular complexity index is 586. The highest BCUT2D eigenvalue weighted by atomic mass is 35.5. The highest BCUT2D eigenvalue weighted by molar-refractivity contribution is 7.16. The zero-order valence-corrected chi connectivity index (χ0v) is 12.0. The van der Waals surface area contributed by atoms with Crippen LogP contribution in [0.25, 0.3) is 0 Å². The summed E-state index contributed by atoms with van der Waals surface area (Å²) in [4.78, 5) is 13.1. The SMILES string of the molecule is Cc1oc(C)c(C(=O)NCc2ccc(Cl)s2)c1C. The summed E-state index contributed by atoms with van der Waals surface area (Å²) in [5.74, 6) is 1.34. The van der Waals surface area contributed by atoms with Crippen molar-refractivity contribution in [3.8, 4) is 0 Å². The van der Waals surface area contributed by atoms with Gasteiger partial charge >= 0.3 is 0 Å². The van der Waals surface area contributed by atoms with Gasteiger partial charge in [0.25, 0.3) is 5.91 Å². The van der Waals surface area contributed by atoms with Gasteiger partial charge in [-0.2, -0.15) is 0 Å². The molecule has 18 heavy (non-hydrogen) atoms. The van der Waals surface area contributed by atoms with Crippen molar-refractivity contribution in [2.75, 3.05) is 0 Å². The van der Waals surface area contributed by atoms with Gasteiger partial charge in [-0.15, -0.1) is 11.3 Å². The quantitative estimate of drug-likeness (QED) is 0.930. The van der Waals surface area contributed by atoms with Gasteiger partial charge in [-0.3, -0.25) is 4.79 Å². The first-order valence-corrected chi connectivity index (χ1v) is 6.77. The normalized spacial score (nSPS) is 10.7. The first-order chi connectivity index (χ1) is 8.49. The molecule has 0 saturated carbocycles. The van der Waals surface area contributed by atoms with Crippen molar-refractivity contribution < 1.29 is 9.21 Å². The number of halogens is 1. The van der Waals surface area contributed by atoms with Gasteiger partial charge in [-0.25, -0.2) is 0 Å². The van der Waals surface area contributed by atoms with Crippen LogP contribution in [0.4, 0.5) is 0 Å². The summed E-state index contributed by atoms with van der Waals surface area (Å²) in [7, 11) is 0. The molecule has 2 heterocycles. The van der Waals surface area contributed by atoms with Gasteiger partial charge in [0.15, 0.2) is 0 Å². The van der Waals surface area contributed by atoms with Crippen molar-refractivity contribution >= 4 is 28.8 Å². The van der Waals surface area contributed by atoms with Crippen LogP contribution in [0.2, 0.25) is 4.34 Å². The molecule has 0 bridgehead atoms. The van der Waals surface area contributed by atoms with E-state index >= 15 is 0 Å². The monoisotopic (exact) mass is 283 g/mol. The van der Waals surface area contributed by atoms with E-state index in [2.05, 4.69) is 5.32 Å². The van der Waals surface area contributed by atoms with Crippen LogP contribution in [0.3, 0.4) is 0 Å². The lowest BCUT2D eigenvalue weighted by Gasteiger charge is -2.03. The van der Waals surface area contributed by atoms with Gasteiger partial charge < -0.3 is 9.73 Å². The fraction of sp³-hybridized carbons (Fsp3) is 0.308. The van der Waals surface area contributed by atoms with E-state index in [0.29, 0.717) is 17.9 Å². The molecule has 0 atom stereocenters. The zero-order chi connectivity index (χ0) is 13.3. The van der Waals surface area contributed by atoms with E-state index in [1.165, 1.54) is 11.3 Å². The Morgan fingerprint density at radius 1 is 1.33 bits per heavy atom. The molecular formula is C13H14ClNO2S. The first kappa shape index (κ1) is 13.2. The Kier molecular flexibility index (Phi) is 3.78. The fourth-order valence-corrected chi connectivity index (χ4v) is 2.86. The molecule has 3 nitrogen and oxygen atoms in total. The number of furan rings is 1. The number of aryl methyl sites for hydroxylation is 2. The van der Waals surface area contributed by atoms with Crippen molar-refractivity contribution in [3.63, 3.8) is 0 Å². The minimum atomic E-state index is -0.105. The Morgan fingerprint density at radius 3 is 2.56 bits per heavy atom. The molecule has 96 valence electrons. The second-order valence-electron chi connectivity index (χ2n) is 4.10. The van der Waals surface area contributed by atoms with Crippen LogP contribution in [0.1, 0.15) is 32.3 Å². The van der Waals surface area contributed by atoms with Crippen LogP contribution >= 0.6 is 22.9 Å². The van der Waals surface area contributed by atoms with E-state index in [-0.39, 0.29) is 5.91 Å². The minimum absolute atomic E-state index is 0.105. The maximum atomic E-state index is 12.1. The van der Waals surface area contributed by atoms with Crippen LogP contribution in [0.15, 0.2) is 16.5 Å². The van der Waals surface area contributed by atoms with Gasteiger partial charge in [-0.1, -0.05) is 11.6 Å². The summed E-state index contributed by atoms with van der Waals surface area (Å²) < 4.78 is 6.17. The van der Waals surface area contributed by atoms with Crippen molar-refractivity contribution in [1.29, 1.82) is 0 Å². The number of carbonyl (C=O) groups excluding carboxylic acids is 1. The van der Waals surface area contributed by atoms with E-state index in [1.54, 1.807) is 6.92 Å². The highest BCUT2D eigenvalue weighted by Gasteiger charge is 2.18. The van der Waals surface area contributed by atoms with E-state index < -0.39 is 0 Å². The third-order valence-corrected chi connectivity index (χ3v) is 4.07. The number of hydrogen-bond donors (Lipinski definition) is 1. The van der Waals surface area contributed by atoms with E-state index in [0.717, 1.165) is 20.5 Å². The highest BCUT2D eigenvalue weighted by Crippen LogP contribution is 2.22. The van der Waals surface area contributed by atoms with Gasteiger partial charge in [-0.05, 0) is 32.9 Å². The van der Waals surface area contributed by atoms with Crippen LogP contribution < -0.4 is 5.32 Å². The summed E-state index contributed by atoms with van der Waals surface area (Å²) in [6, 6.07) is 3.74. The number of thiophene rings is 1. The Labute approximate surface area is 115 Å². The van der Waals surface area contributed by atoms with Crippen molar-refractivity contribution in [2.24, 2.45) is 0 Å². The summed E-state index contributed by atoms with van der Waals surface area (Å²) in [6.07, 6.45) is 0. The molecule has 0 aliphatic rings. The van der Waals surface area contributed by atoms with Gasteiger partial charge in [0, 0.05) is 10.4 Å². The lowest BCUT2D eigenvalue weighted by molar-refractivity contribution is 0.0949. The second-order valence-corrected chi connectivity index (χ2v) is 5.90. The predicted molar refractivity (Wildman–Crippen MR) is 73.4 cm³/mol. The second kappa shape index (κ2) is 5.16. The Morgan fingerprint density at radius 2 is 2.06 bits per heavy atom. The third kappa shape index (κ3) is 2.60. The number of amides is 1. The van der Waals surface area contributed by atoms with Crippen LogP contribution in [-0.4, -0.2) is 5.91 Å². The molecular weight excluding hydrogens is 270 g/mol. The molecule has 0 aromatic carbocycles.